The third-order valence-corrected chi connectivity index (χ3v) is 10.9. The van der Waals surface area contributed by atoms with Crippen molar-refractivity contribution in [1.82, 2.24) is 0 Å². The summed E-state index contributed by atoms with van der Waals surface area (Å²) < 4.78 is 26.7. The van der Waals surface area contributed by atoms with Crippen LogP contribution in [0.5, 0.6) is 0 Å². The Morgan fingerprint density at radius 2 is 1.09 bits per heavy atom. The van der Waals surface area contributed by atoms with E-state index in [1.807, 2.05) is 37.6 Å². The van der Waals surface area contributed by atoms with Crippen LogP contribution in [0.3, 0.4) is 0 Å². The van der Waals surface area contributed by atoms with Crippen molar-refractivity contribution >= 4 is 14.3 Å². The zero-order chi connectivity index (χ0) is 15.5. The molecular formula is C18H20O2P2. The Bertz CT molecular complexity index is 784. The summed E-state index contributed by atoms with van der Waals surface area (Å²) in [5.74, 6) is 0. The van der Waals surface area contributed by atoms with Crippen LogP contribution >= 0.6 is 14.3 Å². The lowest BCUT2D eigenvalue weighted by molar-refractivity contribution is 0.556. The minimum absolute atomic E-state index is 0.0804. The molecule has 0 spiro atoms. The van der Waals surface area contributed by atoms with E-state index >= 15 is 0 Å². The number of benzene rings is 2. The van der Waals surface area contributed by atoms with Gasteiger partial charge in [-0.05, 0) is 35.6 Å². The summed E-state index contributed by atoms with van der Waals surface area (Å²) in [5, 5.41) is 0. The second-order valence-corrected chi connectivity index (χ2v) is 13.4. The van der Waals surface area contributed by atoms with Crippen molar-refractivity contribution in [2.24, 2.45) is 0 Å². The number of fused-ring (bicyclic) bond motifs is 2. The second kappa shape index (κ2) is 4.70. The van der Waals surface area contributed by atoms with E-state index in [1.165, 1.54) is 11.1 Å². The lowest BCUT2D eigenvalue weighted by atomic mass is 9.98. The molecule has 0 aromatic heterocycles. The van der Waals surface area contributed by atoms with E-state index in [0.29, 0.717) is 12.3 Å². The molecule has 0 aliphatic carbocycles. The maximum atomic E-state index is 13.4. The molecule has 4 rings (SSSR count). The predicted octanol–water partition coefficient (Wildman–Crippen LogP) is 5.48. The van der Waals surface area contributed by atoms with Crippen LogP contribution in [0.1, 0.15) is 33.6 Å². The van der Waals surface area contributed by atoms with Gasteiger partial charge < -0.3 is 9.13 Å². The normalized spacial score (nSPS) is 36.1. The van der Waals surface area contributed by atoms with Crippen LogP contribution < -0.4 is 0 Å². The molecule has 0 N–H and O–H groups in total. The van der Waals surface area contributed by atoms with E-state index in [-0.39, 0.29) is 11.3 Å². The van der Waals surface area contributed by atoms with Crippen molar-refractivity contribution in [3.8, 4) is 0 Å². The molecule has 4 heteroatoms. The molecule has 0 amide bonds. The van der Waals surface area contributed by atoms with Gasteiger partial charge in [-0.2, -0.15) is 0 Å². The third kappa shape index (κ3) is 2.01. The number of hydrogen-bond acceptors (Lipinski definition) is 2. The van der Waals surface area contributed by atoms with Crippen LogP contribution in [0.15, 0.2) is 48.5 Å². The molecule has 0 radical (unpaired) electrons. The topological polar surface area (TPSA) is 34.1 Å². The van der Waals surface area contributed by atoms with E-state index in [2.05, 4.69) is 24.3 Å². The van der Waals surface area contributed by atoms with Crippen molar-refractivity contribution < 1.29 is 9.13 Å². The quantitative estimate of drug-likeness (QED) is 0.649. The maximum absolute atomic E-state index is 13.4. The van der Waals surface area contributed by atoms with Gasteiger partial charge >= 0.3 is 0 Å². The molecule has 2 aromatic rings. The first-order valence-corrected chi connectivity index (χ1v) is 12.5. The Morgan fingerprint density at radius 1 is 0.727 bits per heavy atom. The van der Waals surface area contributed by atoms with Crippen molar-refractivity contribution in [3.05, 3.63) is 70.8 Å². The van der Waals surface area contributed by atoms with E-state index in [0.717, 1.165) is 11.1 Å². The van der Waals surface area contributed by atoms with Gasteiger partial charge in [0.05, 0.1) is 25.6 Å². The summed E-state index contributed by atoms with van der Waals surface area (Å²) in [5.41, 5.74) is 4.53. The summed E-state index contributed by atoms with van der Waals surface area (Å²) >= 11 is 0. The molecule has 0 bridgehead atoms. The van der Waals surface area contributed by atoms with Gasteiger partial charge in [0.25, 0.3) is 0 Å². The van der Waals surface area contributed by atoms with Gasteiger partial charge in [0.15, 0.2) is 0 Å². The van der Waals surface area contributed by atoms with Crippen molar-refractivity contribution in [1.29, 1.82) is 0 Å². The SMILES string of the molecule is CP1(=O)Cc2ccccc2[C@H]1[C@@H]1c2ccccc2C[P@]1(C)=O. The third-order valence-electron chi connectivity index (χ3n) is 5.19. The smallest absolute Gasteiger partial charge is 0.0971 e. The highest BCUT2D eigenvalue weighted by Gasteiger charge is 2.51. The average Bonchev–Trinajstić information content (AvgIpc) is 2.86. The first-order chi connectivity index (χ1) is 10.4. The molecule has 0 fully saturated rings. The van der Waals surface area contributed by atoms with Crippen LogP contribution in [0, 0.1) is 0 Å². The molecule has 2 nitrogen and oxygen atoms in total. The molecule has 0 saturated heterocycles. The summed E-state index contributed by atoms with van der Waals surface area (Å²) in [6.45, 7) is 3.80. The van der Waals surface area contributed by atoms with E-state index in [4.69, 9.17) is 0 Å². The standard InChI is InChI=1S/C18H20O2P2/c1-21(19)11-13-7-3-5-9-15(13)17(21)18-16-10-6-4-8-14(16)12-22(18,2)20/h3-10,17-18H,11-12H2,1-2H3/t17-,18-,21-,22?/m0/s1. The lowest BCUT2D eigenvalue weighted by Crippen LogP contribution is -2.06. The molecule has 2 heterocycles. The highest BCUT2D eigenvalue weighted by molar-refractivity contribution is 7.67. The fourth-order valence-corrected chi connectivity index (χ4v) is 11.5. The Hall–Kier alpha value is -1.10. The predicted molar refractivity (Wildman–Crippen MR) is 92.8 cm³/mol. The fraction of sp³-hybridized carbons (Fsp3) is 0.333. The Labute approximate surface area is 131 Å². The minimum Gasteiger partial charge on any atom is -0.323 e. The number of hydrogen-bond donors (Lipinski definition) is 0. The molecule has 114 valence electrons. The van der Waals surface area contributed by atoms with Gasteiger partial charge in [-0.1, -0.05) is 48.5 Å². The summed E-state index contributed by atoms with van der Waals surface area (Å²) in [6, 6.07) is 16.4. The minimum atomic E-state index is -2.39. The lowest BCUT2D eigenvalue weighted by Gasteiger charge is -2.28. The highest BCUT2D eigenvalue weighted by Crippen LogP contribution is 2.79. The molecule has 2 aliphatic rings. The molecule has 22 heavy (non-hydrogen) atoms. The number of rotatable bonds is 1. The van der Waals surface area contributed by atoms with Gasteiger partial charge in [0.2, 0.25) is 0 Å². The van der Waals surface area contributed by atoms with Gasteiger partial charge in [-0.3, -0.25) is 0 Å². The van der Waals surface area contributed by atoms with Crippen molar-refractivity contribution in [3.63, 3.8) is 0 Å². The van der Waals surface area contributed by atoms with Crippen molar-refractivity contribution in [2.45, 2.75) is 23.6 Å². The molecule has 2 aromatic carbocycles. The van der Waals surface area contributed by atoms with Gasteiger partial charge in [0.1, 0.15) is 0 Å². The van der Waals surface area contributed by atoms with Crippen LogP contribution in [0.2, 0.25) is 0 Å². The van der Waals surface area contributed by atoms with Crippen molar-refractivity contribution in [2.75, 3.05) is 13.3 Å². The molecule has 2 aliphatic heterocycles. The fourth-order valence-electron chi connectivity index (χ4n) is 4.33. The molecule has 0 saturated carbocycles. The summed E-state index contributed by atoms with van der Waals surface area (Å²) in [6.07, 6.45) is 1.29. The summed E-state index contributed by atoms with van der Waals surface area (Å²) in [7, 11) is -4.78. The zero-order valence-corrected chi connectivity index (χ0v) is 14.7. The average molecular weight is 330 g/mol. The molecular weight excluding hydrogens is 310 g/mol. The molecule has 4 atom stereocenters. The Kier molecular flexibility index (Phi) is 3.09. The Morgan fingerprint density at radius 3 is 1.50 bits per heavy atom. The van der Waals surface area contributed by atoms with Gasteiger partial charge in [-0.15, -0.1) is 0 Å². The first kappa shape index (κ1) is 14.5. The zero-order valence-electron chi connectivity index (χ0n) is 12.9. The Balaban J connectivity index is 1.94. The monoisotopic (exact) mass is 330 g/mol. The maximum Gasteiger partial charge on any atom is 0.0971 e. The highest BCUT2D eigenvalue weighted by atomic mass is 31.2. The summed E-state index contributed by atoms with van der Waals surface area (Å²) in [4.78, 5) is 0. The first-order valence-electron chi connectivity index (χ1n) is 7.68. The van der Waals surface area contributed by atoms with E-state index < -0.39 is 14.3 Å². The van der Waals surface area contributed by atoms with Gasteiger partial charge in [-0.25, -0.2) is 0 Å². The van der Waals surface area contributed by atoms with Crippen LogP contribution in [-0.2, 0) is 21.5 Å². The second-order valence-electron chi connectivity index (χ2n) is 6.95. The molecule has 1 unspecified atom stereocenters. The van der Waals surface area contributed by atoms with E-state index in [9.17, 15) is 9.13 Å². The van der Waals surface area contributed by atoms with Crippen LogP contribution in [0.4, 0.5) is 0 Å². The van der Waals surface area contributed by atoms with Gasteiger partial charge in [0, 0.05) is 12.3 Å². The van der Waals surface area contributed by atoms with Crippen LogP contribution in [0.25, 0.3) is 0 Å². The largest absolute Gasteiger partial charge is 0.323 e. The van der Waals surface area contributed by atoms with E-state index in [1.54, 1.807) is 0 Å². The van der Waals surface area contributed by atoms with Crippen LogP contribution in [-0.4, -0.2) is 13.3 Å².